The summed E-state index contributed by atoms with van der Waals surface area (Å²) in [5.74, 6) is -1.46. The molecule has 1 aromatic rings. The normalized spacial score (nSPS) is 28.8. The van der Waals surface area contributed by atoms with Gasteiger partial charge < -0.3 is 10.5 Å². The van der Waals surface area contributed by atoms with Gasteiger partial charge in [-0.1, -0.05) is 0 Å². The van der Waals surface area contributed by atoms with E-state index in [1.807, 2.05) is 0 Å². The largest absolute Gasteiger partial charge is 0.386 e. The Hall–Kier alpha value is -1.20. The fourth-order valence-electron chi connectivity index (χ4n) is 4.04. The van der Waals surface area contributed by atoms with Crippen molar-refractivity contribution < 1.29 is 18.4 Å². The Labute approximate surface area is 207 Å². The van der Waals surface area contributed by atoms with Crippen LogP contribution in [0.1, 0.15) is 32.8 Å². The van der Waals surface area contributed by atoms with E-state index in [4.69, 9.17) is 10.5 Å². The van der Waals surface area contributed by atoms with E-state index >= 15 is 0 Å². The molecule has 1 fully saturated rings. The SMILES string of the molecule is CC(C)(F)[C@H]1OC[C@]2(c3cc([N+](=O)[O-])ccc3F)N=C(N)[C@](C)(C#N)C[C@H]12.S.S.S.S. The van der Waals surface area contributed by atoms with Crippen LogP contribution in [0.5, 0.6) is 0 Å². The zero-order valence-electron chi connectivity index (χ0n) is 17.2. The second-order valence-electron chi connectivity index (χ2n) is 7.89. The number of non-ortho nitro benzene ring substituents is 1. The number of aliphatic imine (C=N–C) groups is 1. The number of nitro groups is 1. The summed E-state index contributed by atoms with van der Waals surface area (Å²) in [6.07, 6.45) is -0.875. The summed E-state index contributed by atoms with van der Waals surface area (Å²) in [6, 6.07) is 5.21. The Kier molecular flexibility index (Phi) is 10.9. The minimum Gasteiger partial charge on any atom is -0.386 e. The number of benzene rings is 1. The van der Waals surface area contributed by atoms with E-state index in [0.717, 1.165) is 18.2 Å². The minimum absolute atomic E-state index is 0. The van der Waals surface area contributed by atoms with Crippen molar-refractivity contribution in [1.82, 2.24) is 0 Å². The van der Waals surface area contributed by atoms with Crippen LogP contribution in [-0.4, -0.2) is 29.1 Å². The van der Waals surface area contributed by atoms with Crippen LogP contribution in [0.4, 0.5) is 14.5 Å². The van der Waals surface area contributed by atoms with Gasteiger partial charge in [0.25, 0.3) is 5.69 Å². The fourth-order valence-corrected chi connectivity index (χ4v) is 4.04. The molecule has 4 atom stereocenters. The first-order chi connectivity index (χ1) is 12.4. The van der Waals surface area contributed by atoms with Gasteiger partial charge in [-0.2, -0.15) is 59.2 Å². The Morgan fingerprint density at radius 1 is 1.35 bits per heavy atom. The number of ether oxygens (including phenoxy) is 1. The average molecular weight is 515 g/mol. The van der Waals surface area contributed by atoms with Crippen molar-refractivity contribution in [2.45, 2.75) is 44.5 Å². The van der Waals surface area contributed by atoms with Crippen molar-refractivity contribution >= 4 is 65.5 Å². The molecule has 31 heavy (non-hydrogen) atoms. The second kappa shape index (κ2) is 10.6. The molecule has 0 bridgehead atoms. The summed E-state index contributed by atoms with van der Waals surface area (Å²) in [7, 11) is 0. The highest BCUT2D eigenvalue weighted by molar-refractivity contribution is 7.59. The maximum absolute atomic E-state index is 14.8. The maximum Gasteiger partial charge on any atom is 0.270 e. The van der Waals surface area contributed by atoms with Crippen molar-refractivity contribution in [1.29, 1.82) is 5.26 Å². The summed E-state index contributed by atoms with van der Waals surface area (Å²) in [5.41, 5.74) is 1.26. The fraction of sp³-hybridized carbons (Fsp3) is 0.556. The summed E-state index contributed by atoms with van der Waals surface area (Å²) < 4.78 is 35.2. The van der Waals surface area contributed by atoms with Crippen LogP contribution in [0, 0.1) is 38.6 Å². The van der Waals surface area contributed by atoms with E-state index < -0.39 is 39.4 Å². The Bertz CT molecular complexity index is 894. The molecule has 2 heterocycles. The molecule has 1 saturated heterocycles. The van der Waals surface area contributed by atoms with Gasteiger partial charge in [0, 0.05) is 23.6 Å². The third-order valence-electron chi connectivity index (χ3n) is 5.53. The monoisotopic (exact) mass is 514 g/mol. The minimum atomic E-state index is -1.79. The first kappa shape index (κ1) is 32.0. The zero-order chi connectivity index (χ0) is 20.2. The smallest absolute Gasteiger partial charge is 0.270 e. The van der Waals surface area contributed by atoms with Crippen LogP contribution in [0.2, 0.25) is 0 Å². The molecule has 3 rings (SSSR count). The van der Waals surface area contributed by atoms with E-state index in [1.165, 1.54) is 13.8 Å². The molecule has 0 amide bonds. The van der Waals surface area contributed by atoms with Gasteiger partial charge in [0.1, 0.15) is 28.3 Å². The van der Waals surface area contributed by atoms with E-state index in [2.05, 4.69) is 11.1 Å². The van der Waals surface area contributed by atoms with Gasteiger partial charge in [0.05, 0.1) is 23.7 Å². The lowest BCUT2D eigenvalue weighted by Gasteiger charge is -2.43. The number of nitriles is 1. The first-order valence-corrected chi connectivity index (χ1v) is 8.46. The van der Waals surface area contributed by atoms with E-state index in [9.17, 15) is 24.2 Å². The highest BCUT2D eigenvalue weighted by atomic mass is 32.1. The molecule has 0 radical (unpaired) electrons. The Morgan fingerprint density at radius 2 is 1.94 bits per heavy atom. The molecule has 0 unspecified atom stereocenters. The molecular weight excluding hydrogens is 486 g/mol. The van der Waals surface area contributed by atoms with Gasteiger partial charge in [-0.15, -0.1) is 0 Å². The quantitative estimate of drug-likeness (QED) is 0.490. The molecule has 1 aromatic carbocycles. The molecule has 7 nitrogen and oxygen atoms in total. The van der Waals surface area contributed by atoms with Crippen LogP contribution in [0.3, 0.4) is 0 Å². The van der Waals surface area contributed by atoms with Gasteiger partial charge in [0.15, 0.2) is 0 Å². The number of hydrogen-bond donors (Lipinski definition) is 1. The maximum atomic E-state index is 14.8. The van der Waals surface area contributed by atoms with Crippen molar-refractivity contribution in [3.8, 4) is 6.07 Å². The Morgan fingerprint density at radius 3 is 2.42 bits per heavy atom. The number of nitrogens with two attached hydrogens (primary N) is 1. The molecule has 0 saturated carbocycles. The topological polar surface area (TPSA) is 115 Å². The van der Waals surface area contributed by atoms with Gasteiger partial charge in [-0.3, -0.25) is 15.1 Å². The van der Waals surface area contributed by atoms with Crippen LogP contribution in [0.25, 0.3) is 0 Å². The molecule has 0 spiro atoms. The lowest BCUT2D eigenvalue weighted by molar-refractivity contribution is -0.385. The van der Waals surface area contributed by atoms with E-state index in [1.54, 1.807) is 6.92 Å². The predicted octanol–water partition coefficient (Wildman–Crippen LogP) is 3.43. The van der Waals surface area contributed by atoms with Gasteiger partial charge in [-0.05, 0) is 33.3 Å². The van der Waals surface area contributed by atoms with Gasteiger partial charge in [-0.25, -0.2) is 8.78 Å². The predicted molar refractivity (Wildman–Crippen MR) is 135 cm³/mol. The number of amidine groups is 1. The summed E-state index contributed by atoms with van der Waals surface area (Å²) in [4.78, 5) is 14.9. The number of alkyl halides is 1. The molecule has 0 aliphatic carbocycles. The molecule has 2 aliphatic rings. The van der Waals surface area contributed by atoms with Crippen LogP contribution in [0.15, 0.2) is 23.2 Å². The second-order valence-corrected chi connectivity index (χ2v) is 7.89. The number of nitrogens with zero attached hydrogens (tertiary/aromatic N) is 3. The number of fused-ring (bicyclic) bond motifs is 1. The summed E-state index contributed by atoms with van der Waals surface area (Å²) in [5, 5.41) is 20.7. The Balaban J connectivity index is 0. The van der Waals surface area contributed by atoms with Crippen molar-refractivity contribution in [2.24, 2.45) is 22.1 Å². The molecule has 2 N–H and O–H groups in total. The lowest BCUT2D eigenvalue weighted by Crippen LogP contribution is -2.52. The molecule has 0 aromatic heterocycles. The zero-order valence-corrected chi connectivity index (χ0v) is 21.2. The van der Waals surface area contributed by atoms with Gasteiger partial charge in [0.2, 0.25) is 0 Å². The molecule has 13 heteroatoms. The van der Waals surface area contributed by atoms with Crippen LogP contribution in [-0.2, 0) is 10.3 Å². The third kappa shape index (κ3) is 5.24. The third-order valence-corrected chi connectivity index (χ3v) is 5.53. The van der Waals surface area contributed by atoms with Crippen LogP contribution < -0.4 is 5.73 Å². The summed E-state index contributed by atoms with van der Waals surface area (Å²) in [6.45, 7) is 4.07. The van der Waals surface area contributed by atoms with Crippen molar-refractivity contribution in [2.75, 3.05) is 6.61 Å². The number of halogens is 2. The number of nitro benzene ring substituents is 1. The molecular formula is C18H28F2N4O3S4. The highest BCUT2D eigenvalue weighted by Gasteiger charge is 2.61. The number of rotatable bonds is 3. The molecule has 2 aliphatic heterocycles. The van der Waals surface area contributed by atoms with Crippen molar-refractivity contribution in [3.05, 3.63) is 39.7 Å². The van der Waals surface area contributed by atoms with Crippen LogP contribution >= 0.6 is 54.0 Å². The summed E-state index contributed by atoms with van der Waals surface area (Å²) >= 11 is 0. The van der Waals surface area contributed by atoms with E-state index in [-0.39, 0.29) is 84.1 Å². The van der Waals surface area contributed by atoms with Crippen molar-refractivity contribution in [3.63, 3.8) is 0 Å². The molecule has 176 valence electrons. The highest BCUT2D eigenvalue weighted by Crippen LogP contribution is 2.54. The van der Waals surface area contributed by atoms with Gasteiger partial charge >= 0.3 is 0 Å². The number of hydrogen-bond acceptors (Lipinski definition) is 6. The van der Waals surface area contributed by atoms with E-state index in [0.29, 0.717) is 0 Å². The standard InChI is InChI=1S/C18H20F2N4O3.4H2S/c1-16(2,20)14-12-7-17(3,8-21)15(22)23-18(12,9-27-14)11-6-10(24(25)26)4-5-13(11)19;;;;/h4-6,12,14H,7,9H2,1-3H3,(H2,22,23);4*1H2/t12-,14+,17+,18-;;;;/m1..../s1. The average Bonchev–Trinajstić information content (AvgIpc) is 2.94. The lowest BCUT2D eigenvalue weighted by atomic mass is 9.65. The first-order valence-electron chi connectivity index (χ1n) is 8.46.